The highest BCUT2D eigenvalue weighted by Crippen LogP contribution is 2.41. The molecule has 3 aliphatic heterocycles. The molecule has 2 N–H and O–H groups in total. The van der Waals surface area contributed by atoms with E-state index in [0.29, 0.717) is 110 Å². The minimum absolute atomic E-state index is 0.0471. The SMILES string of the molecule is CC1(C)OB(c2cc(F)c(NC3CCOCC3)c(C#N)c2)OC1(C)C.COc1cc(C(=O)N(C)C)ccc1-c1cc2nccc(-c3cc(F)c(NC4CCOCC4)c(C#N)c3)c2o1.COc1cc(C(=O)N(C)C)ccc1-c1cc2nccc(Cl)c2o1. The first-order chi connectivity index (χ1) is 41.1. The van der Waals surface area contributed by atoms with Crippen molar-refractivity contribution in [2.24, 2.45) is 0 Å². The molecule has 446 valence electrons. The van der Waals surface area contributed by atoms with Crippen molar-refractivity contribution in [3.63, 3.8) is 0 Å². The molecule has 3 saturated heterocycles. The summed E-state index contributed by atoms with van der Waals surface area (Å²) in [5.41, 5.74) is 6.14. The van der Waals surface area contributed by atoms with Crippen LogP contribution >= 0.6 is 11.6 Å². The normalized spacial score (nSPS) is 15.5. The fourth-order valence-corrected chi connectivity index (χ4v) is 10.2. The number of methoxy groups -OCH3 is 2. The second-order valence-electron chi connectivity index (χ2n) is 22.2. The van der Waals surface area contributed by atoms with Gasteiger partial charge in [0.2, 0.25) is 0 Å². The van der Waals surface area contributed by atoms with Gasteiger partial charge in [-0.1, -0.05) is 11.6 Å². The van der Waals surface area contributed by atoms with Gasteiger partial charge in [-0.15, -0.1) is 0 Å². The van der Waals surface area contributed by atoms with Crippen molar-refractivity contribution >= 4 is 69.6 Å². The van der Waals surface area contributed by atoms with E-state index in [1.165, 1.54) is 29.0 Å². The smallest absolute Gasteiger partial charge is 0.494 e. The van der Waals surface area contributed by atoms with E-state index in [0.717, 1.165) is 31.2 Å². The van der Waals surface area contributed by atoms with E-state index in [1.807, 2.05) is 27.7 Å². The van der Waals surface area contributed by atoms with E-state index in [9.17, 15) is 24.5 Å². The summed E-state index contributed by atoms with van der Waals surface area (Å²) in [6.07, 6.45) is 6.33. The molecule has 0 spiro atoms. The van der Waals surface area contributed by atoms with E-state index in [-0.39, 0.29) is 46.4 Å². The molecule has 4 aromatic carbocycles. The minimum atomic E-state index is -0.691. The number of hydrogen-bond acceptors (Lipinski definition) is 16. The Bertz CT molecular complexity index is 3890. The number of nitrogens with zero attached hydrogens (tertiary/aromatic N) is 6. The highest BCUT2D eigenvalue weighted by molar-refractivity contribution is 6.62. The van der Waals surface area contributed by atoms with E-state index < -0.39 is 30.0 Å². The molecule has 0 radical (unpaired) electrons. The van der Waals surface area contributed by atoms with Crippen LogP contribution in [0.3, 0.4) is 0 Å². The van der Waals surface area contributed by atoms with Crippen molar-refractivity contribution in [2.75, 3.05) is 79.5 Å². The van der Waals surface area contributed by atoms with Crippen LogP contribution in [-0.2, 0) is 18.8 Å². The standard InChI is InChI=1S/C29H27FN4O4.C18H24BFN2O3.C17H15ClN2O3/c1-34(2)29(35)17-4-5-22(25(14-17)36-3)26-15-24-28(38-26)21(6-9-32-24)18-12-19(16-31)27(23(30)13-18)33-20-7-10-37-11-8-20;1-17(2)18(3,4)25-19(24-17)13-9-12(11-21)16(15(20)10-13)22-14-5-7-23-8-6-14;1-20(2)17(21)10-4-5-11(14(8-10)22-3)15-9-13-16(23-15)12(18)6-7-19-13/h4-6,9,12-15,20,33H,7-8,10-11H2,1-3H3;9-10,14,22H,5-8H2,1-4H3;4-9H,1-3H3. The Balaban J connectivity index is 0.000000161. The predicted octanol–water partition coefficient (Wildman–Crippen LogP) is 11.9. The van der Waals surface area contributed by atoms with Crippen molar-refractivity contribution in [3.8, 4) is 57.4 Å². The average Bonchev–Trinajstić information content (AvgIpc) is 2.21. The molecule has 8 aromatic rings. The Morgan fingerprint density at radius 2 is 1.08 bits per heavy atom. The Labute approximate surface area is 503 Å². The van der Waals surface area contributed by atoms with Gasteiger partial charge in [-0.25, -0.2) is 8.78 Å². The van der Waals surface area contributed by atoms with Crippen LogP contribution < -0.4 is 25.6 Å². The van der Waals surface area contributed by atoms with Crippen LogP contribution in [0.5, 0.6) is 11.5 Å². The van der Waals surface area contributed by atoms with Gasteiger partial charge < -0.3 is 57.5 Å². The maximum absolute atomic E-state index is 15.3. The predicted molar refractivity (Wildman–Crippen MR) is 325 cm³/mol. The van der Waals surface area contributed by atoms with Crippen molar-refractivity contribution in [3.05, 3.63) is 136 Å². The summed E-state index contributed by atoms with van der Waals surface area (Å²) >= 11 is 6.12. The van der Waals surface area contributed by atoms with Crippen LogP contribution in [0.4, 0.5) is 20.2 Å². The second-order valence-corrected chi connectivity index (χ2v) is 22.6. The van der Waals surface area contributed by atoms with Crippen LogP contribution in [0.15, 0.2) is 106 Å². The number of rotatable bonds is 12. The zero-order chi connectivity index (χ0) is 61.6. The Kier molecular flexibility index (Phi) is 19.0. The molecule has 0 aliphatic carbocycles. The number of carbonyl (C=O) groups excluding carboxylic acids is 2. The van der Waals surface area contributed by atoms with Gasteiger partial charge in [0, 0.05) is 108 Å². The molecule has 0 saturated carbocycles. The van der Waals surface area contributed by atoms with Gasteiger partial charge in [0.15, 0.2) is 11.2 Å². The fourth-order valence-electron chi connectivity index (χ4n) is 9.98. The number of anilines is 2. The number of aromatic nitrogens is 2. The molecule has 0 unspecified atom stereocenters. The summed E-state index contributed by atoms with van der Waals surface area (Å²) in [4.78, 5) is 36.1. The molecule has 3 fully saturated rings. The first kappa shape index (κ1) is 62.0. The first-order valence-electron chi connectivity index (χ1n) is 27.9. The molecule has 11 rings (SSSR count). The third-order valence-corrected chi connectivity index (χ3v) is 15.7. The third-order valence-electron chi connectivity index (χ3n) is 15.4. The van der Waals surface area contributed by atoms with Gasteiger partial charge in [-0.3, -0.25) is 19.6 Å². The fraction of sp³-hybridized carbons (Fsp3) is 0.344. The highest BCUT2D eigenvalue weighted by atomic mass is 35.5. The Hall–Kier alpha value is -8.57. The summed E-state index contributed by atoms with van der Waals surface area (Å²) in [6, 6.07) is 27.8. The summed E-state index contributed by atoms with van der Waals surface area (Å²) in [5, 5.41) is 26.1. The number of hydrogen-bond donors (Lipinski definition) is 2. The largest absolute Gasteiger partial charge is 0.496 e. The lowest BCUT2D eigenvalue weighted by Gasteiger charge is -2.32. The lowest BCUT2D eigenvalue weighted by atomic mass is 9.78. The number of benzene rings is 4. The number of nitrogens with one attached hydrogen (secondary N) is 2. The molecule has 86 heavy (non-hydrogen) atoms. The maximum atomic E-state index is 15.3. The minimum Gasteiger partial charge on any atom is -0.496 e. The molecule has 7 heterocycles. The number of carbonyl (C=O) groups is 2. The second kappa shape index (κ2) is 26.4. The quantitative estimate of drug-likeness (QED) is 0.109. The van der Waals surface area contributed by atoms with Crippen LogP contribution in [0, 0.1) is 34.3 Å². The number of ether oxygens (including phenoxy) is 4. The molecule has 4 aromatic heterocycles. The van der Waals surface area contributed by atoms with Gasteiger partial charge in [0.25, 0.3) is 11.8 Å². The monoisotopic (exact) mass is 1190 g/mol. The lowest BCUT2D eigenvalue weighted by molar-refractivity contribution is 0.00578. The van der Waals surface area contributed by atoms with Crippen molar-refractivity contribution < 1.29 is 55.5 Å². The van der Waals surface area contributed by atoms with E-state index >= 15 is 4.39 Å². The molecule has 0 atom stereocenters. The molecular weight excluding hydrogens is 1130 g/mol. The third kappa shape index (κ3) is 13.4. The van der Waals surface area contributed by atoms with E-state index in [4.69, 9.17) is 48.7 Å². The maximum Gasteiger partial charge on any atom is 0.494 e. The van der Waals surface area contributed by atoms with Gasteiger partial charge in [-0.2, -0.15) is 10.5 Å². The number of furan rings is 2. The van der Waals surface area contributed by atoms with Crippen LogP contribution in [0.2, 0.25) is 5.02 Å². The molecule has 0 bridgehead atoms. The van der Waals surface area contributed by atoms with Gasteiger partial charge in [0.05, 0.1) is 64.1 Å². The Morgan fingerprint density at radius 1 is 0.628 bits per heavy atom. The van der Waals surface area contributed by atoms with Crippen LogP contribution in [0.1, 0.15) is 85.2 Å². The number of halogens is 3. The average molecular weight is 1190 g/mol. The van der Waals surface area contributed by atoms with E-state index in [1.54, 1.807) is 120 Å². The molecule has 2 amide bonds. The van der Waals surface area contributed by atoms with Crippen molar-refractivity contribution in [1.29, 1.82) is 10.5 Å². The summed E-state index contributed by atoms with van der Waals surface area (Å²) in [7, 11) is 9.16. The van der Waals surface area contributed by atoms with Crippen LogP contribution in [-0.4, -0.2) is 131 Å². The van der Waals surface area contributed by atoms with Gasteiger partial charge >= 0.3 is 7.12 Å². The van der Waals surface area contributed by atoms with Gasteiger partial charge in [-0.05, 0) is 137 Å². The Morgan fingerprint density at radius 3 is 1.55 bits per heavy atom. The number of pyridine rings is 2. The number of fused-ring (bicyclic) bond motifs is 2. The zero-order valence-electron chi connectivity index (χ0n) is 49.5. The summed E-state index contributed by atoms with van der Waals surface area (Å²) in [6.45, 7) is 10.3. The molecule has 18 nitrogen and oxygen atoms in total. The zero-order valence-corrected chi connectivity index (χ0v) is 50.3. The number of amides is 2. The molecule has 3 aliphatic rings. The highest BCUT2D eigenvalue weighted by Gasteiger charge is 2.52. The topological polar surface area (TPSA) is 220 Å². The summed E-state index contributed by atoms with van der Waals surface area (Å²) < 4.78 is 75.7. The lowest BCUT2D eigenvalue weighted by Crippen LogP contribution is -2.41. The first-order valence-corrected chi connectivity index (χ1v) is 28.3. The summed E-state index contributed by atoms with van der Waals surface area (Å²) in [5.74, 6) is 0.881. The van der Waals surface area contributed by atoms with Crippen molar-refractivity contribution in [1.82, 2.24) is 19.8 Å². The van der Waals surface area contributed by atoms with Crippen LogP contribution in [0.25, 0.3) is 56.0 Å². The van der Waals surface area contributed by atoms with Gasteiger partial charge in [0.1, 0.15) is 57.8 Å². The van der Waals surface area contributed by atoms with Crippen molar-refractivity contribution in [2.45, 2.75) is 76.7 Å². The molecule has 22 heteroatoms. The van der Waals surface area contributed by atoms with E-state index in [2.05, 4.69) is 32.7 Å². The molecular formula is C64H66BClF2N8O10. The number of nitriles is 2.